The Bertz CT molecular complexity index is 403. The van der Waals surface area contributed by atoms with Gasteiger partial charge in [-0.3, -0.25) is 18.6 Å². The number of ether oxygens (including phenoxy) is 1. The van der Waals surface area contributed by atoms with Crippen molar-refractivity contribution in [1.82, 2.24) is 5.32 Å². The molecule has 0 aromatic rings. The average Bonchev–Trinajstić information content (AvgIpc) is 2.48. The van der Waals surface area contributed by atoms with E-state index < -0.39 is 26.5 Å². The Morgan fingerprint density at radius 2 is 1.91 bits per heavy atom. The van der Waals surface area contributed by atoms with E-state index in [-0.39, 0.29) is 25.7 Å². The number of rotatable bonds is 13. The molecule has 0 saturated heterocycles. The van der Waals surface area contributed by atoms with Crippen LogP contribution in [0.25, 0.3) is 0 Å². The van der Waals surface area contributed by atoms with E-state index in [0.29, 0.717) is 6.42 Å². The molecule has 23 heavy (non-hydrogen) atoms. The predicted octanol–water partition coefficient (Wildman–Crippen LogP) is 0.740. The third-order valence-corrected chi connectivity index (χ3v) is 3.58. The third kappa shape index (κ3) is 14.3. The Morgan fingerprint density at radius 1 is 1.22 bits per heavy atom. The van der Waals surface area contributed by atoms with Gasteiger partial charge in [0, 0.05) is 19.9 Å². The maximum absolute atomic E-state index is 11.5. The van der Waals surface area contributed by atoms with Crippen molar-refractivity contribution < 1.29 is 37.9 Å². The Hall–Kier alpha value is -0.990. The highest BCUT2D eigenvalue weighted by Gasteiger charge is 2.22. The lowest BCUT2D eigenvalue weighted by atomic mass is 10.2. The van der Waals surface area contributed by atoms with Crippen LogP contribution in [0.2, 0.25) is 0 Å². The van der Waals surface area contributed by atoms with E-state index in [0.717, 1.165) is 19.3 Å². The highest BCUT2D eigenvalue weighted by atomic mass is 31.2. The number of esters is 1. The summed E-state index contributed by atoms with van der Waals surface area (Å²) < 4.78 is 25.2. The maximum atomic E-state index is 11.5. The van der Waals surface area contributed by atoms with Crippen molar-refractivity contribution in [3.05, 3.63) is 0 Å². The Kier molecular flexibility index (Phi) is 11.9. The van der Waals surface area contributed by atoms with E-state index in [1.54, 1.807) is 0 Å². The Balaban J connectivity index is 3.77. The van der Waals surface area contributed by atoms with Gasteiger partial charge in [-0.15, -0.1) is 0 Å². The van der Waals surface area contributed by atoms with Crippen LogP contribution in [-0.2, 0) is 27.9 Å². The number of nitrogens with one attached hydrogen (secondary N) is 1. The van der Waals surface area contributed by atoms with E-state index in [2.05, 4.69) is 19.1 Å². The first-order chi connectivity index (χ1) is 10.8. The highest BCUT2D eigenvalue weighted by molar-refractivity contribution is 7.47. The first-order valence-corrected chi connectivity index (χ1v) is 8.96. The van der Waals surface area contributed by atoms with E-state index in [9.17, 15) is 24.2 Å². The van der Waals surface area contributed by atoms with Crippen molar-refractivity contribution in [3.63, 3.8) is 0 Å². The number of carbonyl (C=O) groups excluding carboxylic acids is 2. The first kappa shape index (κ1) is 22.0. The molecule has 0 aromatic heterocycles. The summed E-state index contributed by atoms with van der Waals surface area (Å²) in [4.78, 5) is 31.3. The fraction of sp³-hybridized carbons (Fsp3) is 0.846. The second-order valence-corrected chi connectivity index (χ2v) is 6.31. The van der Waals surface area contributed by atoms with Crippen molar-refractivity contribution in [1.29, 1.82) is 0 Å². The molecule has 3 N–H and O–H groups in total. The molecule has 9 nitrogen and oxygen atoms in total. The molecular formula is C13H26NO8P. The van der Waals surface area contributed by atoms with Gasteiger partial charge in [-0.1, -0.05) is 19.8 Å². The number of phosphoric acid groups is 1. The zero-order chi connectivity index (χ0) is 17.7. The smallest absolute Gasteiger partial charge is 0.463 e. The molecule has 2 unspecified atom stereocenters. The topological polar surface area (TPSA) is 131 Å². The summed E-state index contributed by atoms with van der Waals surface area (Å²) in [6, 6.07) is 0. The highest BCUT2D eigenvalue weighted by Crippen LogP contribution is 2.42. The fourth-order valence-electron chi connectivity index (χ4n) is 1.45. The monoisotopic (exact) mass is 355 g/mol. The summed E-state index contributed by atoms with van der Waals surface area (Å²) in [5.74, 6) is -0.727. The third-order valence-electron chi connectivity index (χ3n) is 2.60. The zero-order valence-corrected chi connectivity index (χ0v) is 14.4. The number of hydrogen-bond donors (Lipinski definition) is 3. The molecule has 0 heterocycles. The van der Waals surface area contributed by atoms with Crippen LogP contribution in [-0.4, -0.2) is 54.3 Å². The molecular weight excluding hydrogens is 329 g/mol. The lowest BCUT2D eigenvalue weighted by Gasteiger charge is -2.15. The van der Waals surface area contributed by atoms with Crippen molar-refractivity contribution >= 4 is 19.7 Å². The summed E-state index contributed by atoms with van der Waals surface area (Å²) in [6.07, 6.45) is 1.96. The molecule has 10 heteroatoms. The van der Waals surface area contributed by atoms with Crippen LogP contribution in [0.1, 0.15) is 39.5 Å². The molecule has 0 saturated carbocycles. The van der Waals surface area contributed by atoms with Crippen LogP contribution in [0, 0.1) is 0 Å². The van der Waals surface area contributed by atoms with Crippen molar-refractivity contribution in [3.8, 4) is 0 Å². The number of aliphatic hydroxyl groups excluding tert-OH is 1. The Labute approximate surface area is 135 Å². The summed E-state index contributed by atoms with van der Waals surface area (Å²) >= 11 is 0. The van der Waals surface area contributed by atoms with Crippen molar-refractivity contribution in [2.24, 2.45) is 0 Å². The minimum Gasteiger partial charge on any atom is -0.463 e. The quantitative estimate of drug-likeness (QED) is 0.250. The van der Waals surface area contributed by atoms with Crippen LogP contribution >= 0.6 is 7.82 Å². The Morgan fingerprint density at radius 3 is 2.52 bits per heavy atom. The van der Waals surface area contributed by atoms with E-state index >= 15 is 0 Å². The lowest BCUT2D eigenvalue weighted by molar-refractivity contribution is -0.144. The molecule has 0 aliphatic heterocycles. The van der Waals surface area contributed by atoms with Gasteiger partial charge >= 0.3 is 13.8 Å². The minimum atomic E-state index is -4.33. The van der Waals surface area contributed by atoms with Crippen LogP contribution in [0.15, 0.2) is 0 Å². The van der Waals surface area contributed by atoms with Gasteiger partial charge in [-0.05, 0) is 6.42 Å². The molecule has 1 amide bonds. The molecule has 0 aliphatic carbocycles. The van der Waals surface area contributed by atoms with Gasteiger partial charge < -0.3 is 20.1 Å². The largest absolute Gasteiger partial charge is 0.472 e. The SMILES string of the molecule is CCCCCC(=O)NCCOP(=O)(O)OCC(O)COC(C)=O. The first-order valence-electron chi connectivity index (χ1n) is 7.47. The van der Waals surface area contributed by atoms with Gasteiger partial charge in [0.2, 0.25) is 5.91 Å². The molecule has 0 bridgehead atoms. The van der Waals surface area contributed by atoms with Crippen LogP contribution in [0.5, 0.6) is 0 Å². The van der Waals surface area contributed by atoms with E-state index in [1.807, 2.05) is 6.92 Å². The predicted molar refractivity (Wildman–Crippen MR) is 81.5 cm³/mol. The van der Waals surface area contributed by atoms with Crippen molar-refractivity contribution in [2.45, 2.75) is 45.6 Å². The average molecular weight is 355 g/mol. The maximum Gasteiger partial charge on any atom is 0.472 e. The second kappa shape index (κ2) is 12.4. The van der Waals surface area contributed by atoms with Gasteiger partial charge in [0.1, 0.15) is 12.7 Å². The summed E-state index contributed by atoms with van der Waals surface area (Å²) in [5, 5.41) is 11.9. The fourth-order valence-corrected chi connectivity index (χ4v) is 2.21. The van der Waals surface area contributed by atoms with Crippen LogP contribution in [0.3, 0.4) is 0 Å². The van der Waals surface area contributed by atoms with Gasteiger partial charge in [0.25, 0.3) is 0 Å². The summed E-state index contributed by atoms with van der Waals surface area (Å²) in [6.45, 7) is 2.22. The molecule has 0 aliphatic rings. The molecule has 2 atom stereocenters. The van der Waals surface area contributed by atoms with Gasteiger partial charge in [0.05, 0.1) is 13.2 Å². The minimum absolute atomic E-state index is 0.0782. The zero-order valence-electron chi connectivity index (χ0n) is 13.5. The van der Waals surface area contributed by atoms with Crippen LogP contribution in [0.4, 0.5) is 0 Å². The number of hydrogen-bond acceptors (Lipinski definition) is 7. The van der Waals surface area contributed by atoms with Crippen LogP contribution < -0.4 is 5.32 Å². The van der Waals surface area contributed by atoms with Gasteiger partial charge in [0.15, 0.2) is 0 Å². The van der Waals surface area contributed by atoms with E-state index in [1.165, 1.54) is 6.92 Å². The lowest BCUT2D eigenvalue weighted by Crippen LogP contribution is -2.27. The van der Waals surface area contributed by atoms with Gasteiger partial charge in [-0.2, -0.15) is 0 Å². The van der Waals surface area contributed by atoms with E-state index in [4.69, 9.17) is 0 Å². The molecule has 0 fully saturated rings. The molecule has 0 rings (SSSR count). The molecule has 0 aromatic carbocycles. The molecule has 0 spiro atoms. The second-order valence-electron chi connectivity index (χ2n) is 4.86. The summed E-state index contributed by atoms with van der Waals surface area (Å²) in [5.41, 5.74) is 0. The molecule has 0 radical (unpaired) electrons. The number of aliphatic hydroxyl groups is 1. The standard InChI is InChI=1S/C13H26NO8P/c1-3-4-5-6-13(17)14-7-8-21-23(18,19)22-10-12(16)9-20-11(2)15/h12,16H,3-10H2,1-2H3,(H,14,17)(H,18,19). The number of amides is 1. The van der Waals surface area contributed by atoms with Crippen molar-refractivity contribution in [2.75, 3.05) is 26.4 Å². The number of unbranched alkanes of at least 4 members (excludes halogenated alkanes) is 2. The number of carbonyl (C=O) groups is 2. The molecule has 136 valence electrons. The number of phosphoric ester groups is 1. The normalized spacial score (nSPS) is 14.8. The summed E-state index contributed by atoms with van der Waals surface area (Å²) in [7, 11) is -4.33. The van der Waals surface area contributed by atoms with Gasteiger partial charge in [-0.25, -0.2) is 4.57 Å².